The molecule has 1 saturated heterocycles. The predicted octanol–water partition coefficient (Wildman–Crippen LogP) is 2.14. The molecule has 5 heteroatoms. The van der Waals surface area contributed by atoms with Crippen molar-refractivity contribution in [3.05, 3.63) is 23.8 Å². The van der Waals surface area contributed by atoms with Crippen molar-refractivity contribution in [3.63, 3.8) is 0 Å². The van der Waals surface area contributed by atoms with Gasteiger partial charge in [-0.3, -0.25) is 9.59 Å². The summed E-state index contributed by atoms with van der Waals surface area (Å²) in [6.07, 6.45) is 2.00. The zero-order valence-corrected chi connectivity index (χ0v) is 13.4. The summed E-state index contributed by atoms with van der Waals surface area (Å²) in [6, 6.07) is 0. The Hall–Kier alpha value is -1.62. The molecule has 1 aliphatic heterocycles. The van der Waals surface area contributed by atoms with E-state index in [9.17, 15) is 14.7 Å². The number of hydrogen-bond donors (Lipinski definition) is 1. The van der Waals surface area contributed by atoms with E-state index in [0.29, 0.717) is 24.8 Å². The van der Waals surface area contributed by atoms with E-state index in [1.807, 2.05) is 13.0 Å². The lowest BCUT2D eigenvalue weighted by Gasteiger charge is -2.30. The Morgan fingerprint density at radius 3 is 2.82 bits per heavy atom. The highest BCUT2D eigenvalue weighted by Gasteiger charge is 2.47. The largest absolute Gasteiger partial charge is 0.462 e. The molecule has 0 aromatic carbocycles. The van der Waals surface area contributed by atoms with Crippen LogP contribution in [0.3, 0.4) is 0 Å². The van der Waals surface area contributed by atoms with E-state index in [-0.39, 0.29) is 17.8 Å². The second-order valence-electron chi connectivity index (χ2n) is 6.35. The van der Waals surface area contributed by atoms with Gasteiger partial charge < -0.3 is 14.6 Å². The highest BCUT2D eigenvalue weighted by molar-refractivity contribution is 5.75. The first kappa shape index (κ1) is 16.7. The smallest absolute Gasteiger partial charge is 0.309 e. The molecule has 0 amide bonds. The van der Waals surface area contributed by atoms with Crippen LogP contribution in [0.4, 0.5) is 0 Å². The van der Waals surface area contributed by atoms with Gasteiger partial charge in [0.1, 0.15) is 12.2 Å². The summed E-state index contributed by atoms with van der Waals surface area (Å²) in [5.41, 5.74) is 1.68. The predicted molar refractivity (Wildman–Crippen MR) is 80.8 cm³/mol. The molecule has 5 atom stereocenters. The Balaban J connectivity index is 2.38. The number of allylic oxidation sites excluding steroid dienone is 1. The fraction of sp³-hybridized carbons (Fsp3) is 0.647. The van der Waals surface area contributed by atoms with Gasteiger partial charge in [0.05, 0.1) is 17.9 Å². The molecular weight excluding hydrogens is 284 g/mol. The Kier molecular flexibility index (Phi) is 5.06. The minimum absolute atomic E-state index is 0.256. The lowest BCUT2D eigenvalue weighted by Crippen LogP contribution is -2.36. The van der Waals surface area contributed by atoms with Gasteiger partial charge in [0.2, 0.25) is 0 Å². The van der Waals surface area contributed by atoms with Gasteiger partial charge in [0.25, 0.3) is 0 Å². The molecule has 2 aliphatic rings. The van der Waals surface area contributed by atoms with Crippen molar-refractivity contribution >= 4 is 11.9 Å². The van der Waals surface area contributed by atoms with Gasteiger partial charge in [-0.25, -0.2) is 0 Å². The summed E-state index contributed by atoms with van der Waals surface area (Å²) in [7, 11) is 0. The average molecular weight is 308 g/mol. The summed E-state index contributed by atoms with van der Waals surface area (Å²) in [5.74, 6) is -1.30. The van der Waals surface area contributed by atoms with Crippen molar-refractivity contribution in [2.75, 3.05) is 0 Å². The first-order valence-electron chi connectivity index (χ1n) is 7.70. The quantitative estimate of drug-likeness (QED) is 0.593. The second kappa shape index (κ2) is 6.65. The van der Waals surface area contributed by atoms with Gasteiger partial charge in [-0.2, -0.15) is 0 Å². The summed E-state index contributed by atoms with van der Waals surface area (Å²) in [5, 5.41) is 10.2. The number of esters is 2. The highest BCUT2D eigenvalue weighted by Crippen LogP contribution is 2.37. The molecule has 5 unspecified atom stereocenters. The topological polar surface area (TPSA) is 72.8 Å². The second-order valence-corrected chi connectivity index (χ2v) is 6.35. The van der Waals surface area contributed by atoms with E-state index in [1.165, 1.54) is 6.92 Å². The highest BCUT2D eigenvalue weighted by atomic mass is 16.6. The Morgan fingerprint density at radius 2 is 2.18 bits per heavy atom. The molecule has 1 aliphatic carbocycles. The van der Waals surface area contributed by atoms with E-state index in [1.54, 1.807) is 6.92 Å². The van der Waals surface area contributed by atoms with Crippen molar-refractivity contribution in [1.29, 1.82) is 0 Å². The summed E-state index contributed by atoms with van der Waals surface area (Å²) in [4.78, 5) is 23.4. The fourth-order valence-corrected chi connectivity index (χ4v) is 3.24. The van der Waals surface area contributed by atoms with Gasteiger partial charge in [0, 0.05) is 13.3 Å². The number of aliphatic hydroxyl groups is 1. The molecule has 0 bridgehead atoms. The first-order chi connectivity index (χ1) is 10.3. The van der Waals surface area contributed by atoms with Gasteiger partial charge in [0.15, 0.2) is 0 Å². The van der Waals surface area contributed by atoms with E-state index < -0.39 is 24.3 Å². The zero-order chi connectivity index (χ0) is 16.4. The van der Waals surface area contributed by atoms with Crippen molar-refractivity contribution in [2.45, 2.75) is 58.3 Å². The molecule has 0 aromatic heterocycles. The maximum atomic E-state index is 12.0. The normalized spacial score (nSPS) is 36.2. The van der Waals surface area contributed by atoms with Gasteiger partial charge in [-0.1, -0.05) is 19.1 Å². The molecule has 2 rings (SSSR count). The van der Waals surface area contributed by atoms with Crippen LogP contribution in [0.15, 0.2) is 23.8 Å². The number of hydrogen-bond acceptors (Lipinski definition) is 5. The maximum Gasteiger partial charge on any atom is 0.309 e. The van der Waals surface area contributed by atoms with Crippen LogP contribution < -0.4 is 0 Å². The van der Waals surface area contributed by atoms with Crippen LogP contribution in [-0.2, 0) is 19.1 Å². The minimum Gasteiger partial charge on any atom is -0.462 e. The molecule has 22 heavy (non-hydrogen) atoms. The molecule has 5 nitrogen and oxygen atoms in total. The number of rotatable bonds is 1. The van der Waals surface area contributed by atoms with E-state index in [0.717, 1.165) is 5.57 Å². The maximum absolute atomic E-state index is 12.0. The van der Waals surface area contributed by atoms with E-state index in [4.69, 9.17) is 9.47 Å². The van der Waals surface area contributed by atoms with Crippen LogP contribution in [0, 0.1) is 11.8 Å². The summed E-state index contributed by atoms with van der Waals surface area (Å²) >= 11 is 0. The Labute approximate surface area is 131 Å². The van der Waals surface area contributed by atoms with Crippen LogP contribution in [0.25, 0.3) is 0 Å². The van der Waals surface area contributed by atoms with Crippen LogP contribution in [-0.4, -0.2) is 35.4 Å². The minimum atomic E-state index is -0.633. The molecule has 0 radical (unpaired) electrons. The number of ether oxygens (including phenoxy) is 2. The van der Waals surface area contributed by atoms with Gasteiger partial charge in [-0.05, 0) is 31.4 Å². The number of aliphatic hydroxyl groups excluding tert-OH is 1. The SMILES string of the molecule is C=C1CC(OC(C)=O)C2C(C=C(C)CCC1O)OC(=O)C2C. The van der Waals surface area contributed by atoms with E-state index >= 15 is 0 Å². The third-order valence-electron chi connectivity index (χ3n) is 4.52. The number of fused-ring (bicyclic) bond motifs is 1. The Bertz CT molecular complexity index is 507. The van der Waals surface area contributed by atoms with Gasteiger partial charge in [-0.15, -0.1) is 0 Å². The molecule has 1 heterocycles. The van der Waals surface area contributed by atoms with Crippen LogP contribution in [0.5, 0.6) is 0 Å². The van der Waals surface area contributed by atoms with Crippen LogP contribution in [0.2, 0.25) is 0 Å². The van der Waals surface area contributed by atoms with Crippen LogP contribution in [0.1, 0.15) is 40.0 Å². The monoisotopic (exact) mass is 308 g/mol. The molecule has 1 N–H and O–H groups in total. The molecule has 0 aromatic rings. The number of carbonyl (C=O) groups excluding carboxylic acids is 2. The standard InChI is InChI=1S/C17H24O5/c1-9-5-6-13(19)10(2)8-15(21-12(4)18)16-11(3)17(20)22-14(16)7-9/h7,11,13-16,19H,2,5-6,8H2,1,3-4H3. The molecular formula is C17H24O5. The lowest BCUT2D eigenvalue weighted by atomic mass is 9.81. The summed E-state index contributed by atoms with van der Waals surface area (Å²) < 4.78 is 10.9. The van der Waals surface area contributed by atoms with Crippen LogP contribution >= 0.6 is 0 Å². The van der Waals surface area contributed by atoms with Gasteiger partial charge >= 0.3 is 11.9 Å². The Morgan fingerprint density at radius 1 is 1.50 bits per heavy atom. The first-order valence-corrected chi connectivity index (χ1v) is 7.70. The number of carbonyl (C=O) groups is 2. The molecule has 122 valence electrons. The van der Waals surface area contributed by atoms with E-state index in [2.05, 4.69) is 6.58 Å². The molecule has 0 saturated carbocycles. The molecule has 0 spiro atoms. The molecule has 1 fully saturated rings. The fourth-order valence-electron chi connectivity index (χ4n) is 3.24. The lowest BCUT2D eigenvalue weighted by molar-refractivity contribution is -0.150. The van der Waals surface area contributed by atoms with Crippen molar-refractivity contribution in [2.24, 2.45) is 11.8 Å². The third kappa shape index (κ3) is 3.58. The summed E-state index contributed by atoms with van der Waals surface area (Å²) in [6.45, 7) is 9.01. The van der Waals surface area contributed by atoms with Crippen molar-refractivity contribution < 1.29 is 24.2 Å². The van der Waals surface area contributed by atoms with Crippen molar-refractivity contribution in [1.82, 2.24) is 0 Å². The van der Waals surface area contributed by atoms with Crippen molar-refractivity contribution in [3.8, 4) is 0 Å². The third-order valence-corrected chi connectivity index (χ3v) is 4.52. The zero-order valence-electron chi connectivity index (χ0n) is 13.4. The average Bonchev–Trinajstić information content (AvgIpc) is 2.69.